The van der Waals surface area contributed by atoms with Gasteiger partial charge in [0.2, 0.25) is 5.12 Å². The minimum absolute atomic E-state index is 0.0233. The van der Waals surface area contributed by atoms with Crippen LogP contribution in [0.1, 0.15) is 15.9 Å². The van der Waals surface area contributed by atoms with Crippen LogP contribution in [-0.2, 0) is 0 Å². The predicted octanol–water partition coefficient (Wildman–Crippen LogP) is 3.50. The SMILES string of the molecule is O=C(SN=Cc1ccc([N+](=O)[O-])cc1)c1ccccc1. The van der Waals surface area contributed by atoms with Gasteiger partial charge >= 0.3 is 0 Å². The zero-order chi connectivity index (χ0) is 14.4. The molecule has 5 nitrogen and oxygen atoms in total. The Hall–Kier alpha value is -2.47. The number of carbonyl (C=O) groups is 1. The number of rotatable bonds is 4. The van der Waals surface area contributed by atoms with Crippen molar-refractivity contribution in [3.8, 4) is 0 Å². The summed E-state index contributed by atoms with van der Waals surface area (Å²) in [7, 11) is 0. The third-order valence-electron chi connectivity index (χ3n) is 2.45. The summed E-state index contributed by atoms with van der Waals surface area (Å²) < 4.78 is 3.96. The van der Waals surface area contributed by atoms with Crippen LogP contribution in [0.25, 0.3) is 0 Å². The third-order valence-corrected chi connectivity index (χ3v) is 3.06. The van der Waals surface area contributed by atoms with Crippen molar-refractivity contribution in [2.24, 2.45) is 4.40 Å². The van der Waals surface area contributed by atoms with Gasteiger partial charge in [0.05, 0.1) is 16.9 Å². The Bertz CT molecular complexity index is 639. The molecule has 100 valence electrons. The average molecular weight is 286 g/mol. The molecule has 0 N–H and O–H groups in total. The first-order chi connectivity index (χ1) is 9.66. The summed E-state index contributed by atoms with van der Waals surface area (Å²) in [5.41, 5.74) is 1.30. The summed E-state index contributed by atoms with van der Waals surface area (Å²) in [5, 5.41) is 10.3. The van der Waals surface area contributed by atoms with Crippen molar-refractivity contribution in [3.05, 3.63) is 75.8 Å². The van der Waals surface area contributed by atoms with Crippen molar-refractivity contribution in [1.82, 2.24) is 0 Å². The maximum Gasteiger partial charge on any atom is 0.269 e. The van der Waals surface area contributed by atoms with Gasteiger partial charge in [-0.3, -0.25) is 14.9 Å². The highest BCUT2D eigenvalue weighted by Gasteiger charge is 2.05. The highest BCUT2D eigenvalue weighted by Crippen LogP contribution is 2.14. The molecule has 0 heterocycles. The number of hydrogen-bond acceptors (Lipinski definition) is 5. The highest BCUT2D eigenvalue weighted by molar-refractivity contribution is 8.13. The van der Waals surface area contributed by atoms with Crippen LogP contribution in [0.15, 0.2) is 59.0 Å². The van der Waals surface area contributed by atoms with Gasteiger partial charge in [0.15, 0.2) is 0 Å². The molecule has 0 atom stereocenters. The number of non-ortho nitro benzene ring substituents is 1. The molecule has 0 radical (unpaired) electrons. The van der Waals surface area contributed by atoms with Gasteiger partial charge in [-0.2, -0.15) is 0 Å². The number of carbonyl (C=O) groups excluding carboxylic acids is 1. The number of benzene rings is 2. The van der Waals surface area contributed by atoms with Gasteiger partial charge < -0.3 is 0 Å². The van der Waals surface area contributed by atoms with Crippen molar-refractivity contribution in [2.75, 3.05) is 0 Å². The first-order valence-electron chi connectivity index (χ1n) is 5.71. The molecule has 20 heavy (non-hydrogen) atoms. The van der Waals surface area contributed by atoms with E-state index >= 15 is 0 Å². The Morgan fingerprint density at radius 3 is 2.35 bits per heavy atom. The van der Waals surface area contributed by atoms with E-state index in [-0.39, 0.29) is 10.8 Å². The zero-order valence-corrected chi connectivity index (χ0v) is 11.1. The van der Waals surface area contributed by atoms with Crippen LogP contribution in [0.2, 0.25) is 0 Å². The average Bonchev–Trinajstić information content (AvgIpc) is 2.48. The Kier molecular flexibility index (Phi) is 4.62. The van der Waals surface area contributed by atoms with Gasteiger partial charge in [-0.25, -0.2) is 4.40 Å². The second kappa shape index (κ2) is 6.63. The van der Waals surface area contributed by atoms with E-state index in [1.165, 1.54) is 18.3 Å². The van der Waals surface area contributed by atoms with Gasteiger partial charge in [0.1, 0.15) is 0 Å². The number of nitrogens with zero attached hydrogens (tertiary/aromatic N) is 2. The lowest BCUT2D eigenvalue weighted by Crippen LogP contribution is -1.91. The molecule has 0 aromatic heterocycles. The zero-order valence-electron chi connectivity index (χ0n) is 10.3. The summed E-state index contributed by atoms with van der Waals surface area (Å²) in [6.45, 7) is 0. The lowest BCUT2D eigenvalue weighted by Gasteiger charge is -1.95. The van der Waals surface area contributed by atoms with Gasteiger partial charge in [0.25, 0.3) is 5.69 Å². The molecule has 0 spiro atoms. The standard InChI is InChI=1S/C14H10N2O3S/c17-14(12-4-2-1-3-5-12)20-15-10-11-6-8-13(9-7-11)16(18)19/h1-10H. The molecular weight excluding hydrogens is 276 g/mol. The van der Waals surface area contributed by atoms with Crippen LogP contribution < -0.4 is 0 Å². The largest absolute Gasteiger partial charge is 0.280 e. The summed E-state index contributed by atoms with van der Waals surface area (Å²) in [6.07, 6.45) is 1.50. The predicted molar refractivity (Wildman–Crippen MR) is 79.1 cm³/mol. The minimum Gasteiger partial charge on any atom is -0.280 e. The third kappa shape index (κ3) is 3.76. The van der Waals surface area contributed by atoms with Crippen molar-refractivity contribution < 1.29 is 9.72 Å². The van der Waals surface area contributed by atoms with E-state index in [1.54, 1.807) is 36.4 Å². The van der Waals surface area contributed by atoms with Crippen molar-refractivity contribution >= 4 is 29.0 Å². The van der Waals surface area contributed by atoms with Crippen LogP contribution in [0.4, 0.5) is 5.69 Å². The molecule has 0 unspecified atom stereocenters. The summed E-state index contributed by atoms with van der Waals surface area (Å²) in [4.78, 5) is 21.8. The maximum absolute atomic E-state index is 11.7. The molecule has 0 bridgehead atoms. The van der Waals surface area contributed by atoms with Crippen LogP contribution in [0.5, 0.6) is 0 Å². The maximum atomic E-state index is 11.7. The second-order valence-corrected chi connectivity index (χ2v) is 4.59. The van der Waals surface area contributed by atoms with E-state index in [1.807, 2.05) is 6.07 Å². The summed E-state index contributed by atoms with van der Waals surface area (Å²) in [5.74, 6) is 0. The molecule has 0 saturated heterocycles. The first-order valence-corrected chi connectivity index (χ1v) is 6.48. The molecule has 2 aromatic rings. The lowest BCUT2D eigenvalue weighted by molar-refractivity contribution is -0.384. The molecule has 2 rings (SSSR count). The van der Waals surface area contributed by atoms with Gasteiger partial charge in [-0.05, 0) is 17.7 Å². The first kappa shape index (κ1) is 14.0. The molecule has 0 amide bonds. The van der Waals surface area contributed by atoms with E-state index in [2.05, 4.69) is 4.40 Å². The molecule has 6 heteroatoms. The van der Waals surface area contributed by atoms with Crippen molar-refractivity contribution in [2.45, 2.75) is 0 Å². The lowest BCUT2D eigenvalue weighted by atomic mass is 10.2. The van der Waals surface area contributed by atoms with Gasteiger partial charge in [-0.15, -0.1) is 0 Å². The molecule has 0 aliphatic rings. The van der Waals surface area contributed by atoms with Gasteiger partial charge in [0, 0.05) is 23.9 Å². The topological polar surface area (TPSA) is 72.6 Å². The molecule has 0 aliphatic heterocycles. The molecular formula is C14H10N2O3S. The van der Waals surface area contributed by atoms with E-state index in [4.69, 9.17) is 0 Å². The Morgan fingerprint density at radius 2 is 1.75 bits per heavy atom. The van der Waals surface area contributed by atoms with E-state index in [0.717, 1.165) is 11.9 Å². The van der Waals surface area contributed by atoms with E-state index in [0.29, 0.717) is 11.1 Å². The fourth-order valence-corrected chi connectivity index (χ4v) is 1.96. The smallest absolute Gasteiger partial charge is 0.269 e. The molecule has 0 saturated carbocycles. The Morgan fingerprint density at radius 1 is 1.10 bits per heavy atom. The number of nitro benzene ring substituents is 1. The fourth-order valence-electron chi connectivity index (χ4n) is 1.44. The monoisotopic (exact) mass is 286 g/mol. The van der Waals surface area contributed by atoms with E-state index < -0.39 is 4.92 Å². The molecule has 0 aliphatic carbocycles. The fraction of sp³-hybridized carbons (Fsp3) is 0. The molecule has 0 fully saturated rings. The van der Waals surface area contributed by atoms with Crippen LogP contribution in [0, 0.1) is 10.1 Å². The Labute approximate surface area is 119 Å². The van der Waals surface area contributed by atoms with Crippen LogP contribution in [0.3, 0.4) is 0 Å². The van der Waals surface area contributed by atoms with E-state index in [9.17, 15) is 14.9 Å². The van der Waals surface area contributed by atoms with Crippen molar-refractivity contribution in [1.29, 1.82) is 0 Å². The number of hydrogen-bond donors (Lipinski definition) is 0. The number of nitro groups is 1. The minimum atomic E-state index is -0.464. The summed E-state index contributed by atoms with van der Waals surface area (Å²) >= 11 is 0.832. The highest BCUT2D eigenvalue weighted by atomic mass is 32.2. The summed E-state index contributed by atoms with van der Waals surface area (Å²) in [6, 6.07) is 14.8. The van der Waals surface area contributed by atoms with Crippen LogP contribution in [-0.4, -0.2) is 16.3 Å². The van der Waals surface area contributed by atoms with Crippen molar-refractivity contribution in [3.63, 3.8) is 0 Å². The second-order valence-electron chi connectivity index (χ2n) is 3.83. The normalized spacial score (nSPS) is 10.6. The molecule has 2 aromatic carbocycles. The Balaban J connectivity index is 1.96. The van der Waals surface area contributed by atoms with Crippen LogP contribution >= 0.6 is 11.9 Å². The quantitative estimate of drug-likeness (QED) is 0.373. The van der Waals surface area contributed by atoms with Gasteiger partial charge in [-0.1, -0.05) is 30.3 Å².